The summed E-state index contributed by atoms with van der Waals surface area (Å²) in [6.07, 6.45) is 0. The average molecular weight is 1320 g/mol. The fourth-order valence-electron chi connectivity index (χ4n) is 15.8. The van der Waals surface area contributed by atoms with Crippen molar-refractivity contribution < 1.29 is 13.3 Å². The third-order valence-corrected chi connectivity index (χ3v) is 20.6. The van der Waals surface area contributed by atoms with E-state index in [4.69, 9.17) is 33.0 Å². The summed E-state index contributed by atoms with van der Waals surface area (Å²) in [5, 5.41) is 9.72. The van der Waals surface area contributed by atoms with Gasteiger partial charge < -0.3 is 22.4 Å². The highest BCUT2D eigenvalue weighted by atomic mass is 16.3. The van der Waals surface area contributed by atoms with Crippen molar-refractivity contribution in [2.24, 2.45) is 0 Å². The third kappa shape index (κ3) is 9.15. The van der Waals surface area contributed by atoms with Crippen LogP contribution in [0.4, 0.5) is 5.69 Å². The molecule has 0 bridgehead atoms. The molecular weight excluding hydrogens is 1260 g/mol. The smallest absolute Gasteiger partial charge is 0.212 e. The molecule has 0 spiro atoms. The number of rotatable bonds is 10. The van der Waals surface area contributed by atoms with E-state index >= 15 is 0 Å². The molecule has 0 aliphatic heterocycles. The number of nitrogens with zero attached hydrogens (tertiary/aromatic N) is 6. The van der Waals surface area contributed by atoms with Crippen LogP contribution in [0.5, 0.6) is 0 Å². The van der Waals surface area contributed by atoms with E-state index in [1.807, 2.05) is 78.9 Å². The molecule has 0 aliphatic carbocycles. The number of hydrogen-bond acceptors (Lipinski definition) is 6. The topological polar surface area (TPSA) is 92.3 Å². The Hall–Kier alpha value is -14.2. The van der Waals surface area contributed by atoms with E-state index in [2.05, 4.69) is 258 Å². The maximum absolute atomic E-state index is 9.78. The largest absolute Gasteiger partial charge is 0.456 e. The molecule has 0 aliphatic rings. The van der Waals surface area contributed by atoms with Gasteiger partial charge in [0.15, 0.2) is 17.5 Å². The van der Waals surface area contributed by atoms with E-state index < -0.39 is 0 Å². The Morgan fingerprint density at radius 2 is 0.612 bits per heavy atom. The van der Waals surface area contributed by atoms with Gasteiger partial charge in [0.05, 0.1) is 50.8 Å². The summed E-state index contributed by atoms with van der Waals surface area (Å²) >= 11 is 0. The summed E-state index contributed by atoms with van der Waals surface area (Å²) in [4.78, 5) is 21.4. The normalized spacial score (nSPS) is 11.9. The zero-order chi connectivity index (χ0) is 67.8. The van der Waals surface area contributed by atoms with Gasteiger partial charge in [-0.05, 0) is 153 Å². The van der Waals surface area contributed by atoms with Crippen LogP contribution in [0.15, 0.2) is 341 Å². The Balaban J connectivity index is 0.930. The highest BCUT2D eigenvalue weighted by Crippen LogP contribution is 2.53. The van der Waals surface area contributed by atoms with Gasteiger partial charge >= 0.3 is 0 Å². The van der Waals surface area contributed by atoms with Crippen molar-refractivity contribution in [2.45, 2.75) is 0 Å². The molecule has 0 amide bonds. The van der Waals surface area contributed by atoms with Gasteiger partial charge in [0.2, 0.25) is 5.69 Å². The molecular formula is C94H54N6O3. The van der Waals surface area contributed by atoms with Gasteiger partial charge in [-0.25, -0.2) is 19.8 Å². The van der Waals surface area contributed by atoms with Crippen LogP contribution in [-0.4, -0.2) is 24.1 Å². The Bertz CT molecular complexity index is 7090. The molecule has 103 heavy (non-hydrogen) atoms. The molecule has 478 valence electrons. The molecule has 0 saturated carbocycles. The lowest BCUT2D eigenvalue weighted by Crippen LogP contribution is -2.08. The Morgan fingerprint density at radius 1 is 0.252 bits per heavy atom. The summed E-state index contributed by atoms with van der Waals surface area (Å²) in [5.74, 6) is 1.29. The minimum absolute atomic E-state index is 0.368. The molecule has 15 aromatic carbocycles. The molecule has 0 unspecified atom stereocenters. The zero-order valence-electron chi connectivity index (χ0n) is 55.1. The first-order chi connectivity index (χ1) is 51.0. The number of aromatic nitrogens is 5. The van der Waals surface area contributed by atoms with Crippen LogP contribution in [0.2, 0.25) is 0 Å². The van der Waals surface area contributed by atoms with Crippen LogP contribution >= 0.6 is 0 Å². The monoisotopic (exact) mass is 1310 g/mol. The zero-order valence-corrected chi connectivity index (χ0v) is 55.1. The minimum Gasteiger partial charge on any atom is -0.456 e. The van der Waals surface area contributed by atoms with Crippen molar-refractivity contribution in [1.82, 2.24) is 24.1 Å². The quantitative estimate of drug-likeness (QED) is 0.127. The van der Waals surface area contributed by atoms with E-state index in [0.29, 0.717) is 34.4 Å². The average Bonchev–Trinajstić information content (AvgIpc) is 1.57. The molecule has 0 radical (unpaired) electrons. The first-order valence-corrected chi connectivity index (χ1v) is 34.5. The van der Waals surface area contributed by atoms with Gasteiger partial charge in [0.25, 0.3) is 0 Å². The van der Waals surface area contributed by atoms with Crippen LogP contribution in [0.3, 0.4) is 0 Å². The van der Waals surface area contributed by atoms with Crippen LogP contribution in [0.1, 0.15) is 0 Å². The fourth-order valence-corrected chi connectivity index (χ4v) is 15.8. The van der Waals surface area contributed by atoms with E-state index in [1.165, 1.54) is 0 Å². The van der Waals surface area contributed by atoms with Crippen LogP contribution in [-0.2, 0) is 0 Å². The number of hydrogen-bond donors (Lipinski definition) is 0. The Morgan fingerprint density at radius 3 is 1.11 bits per heavy atom. The maximum Gasteiger partial charge on any atom is 0.212 e. The maximum atomic E-state index is 9.78. The molecule has 21 rings (SSSR count). The van der Waals surface area contributed by atoms with Crippen molar-refractivity contribution in [3.63, 3.8) is 0 Å². The van der Waals surface area contributed by atoms with Crippen LogP contribution in [0, 0.1) is 6.57 Å². The molecule has 6 heterocycles. The number of benzene rings is 15. The first-order valence-electron chi connectivity index (χ1n) is 34.5. The van der Waals surface area contributed by atoms with E-state index in [0.717, 1.165) is 182 Å². The molecule has 0 N–H and O–H groups in total. The highest BCUT2D eigenvalue weighted by molar-refractivity contribution is 6.27. The summed E-state index contributed by atoms with van der Waals surface area (Å²) in [6.45, 7) is 9.78. The second-order valence-corrected chi connectivity index (χ2v) is 26.4. The number of furan rings is 3. The predicted molar refractivity (Wildman–Crippen MR) is 420 cm³/mol. The third-order valence-electron chi connectivity index (χ3n) is 20.6. The standard InChI is InChI=1S/C94H54N6O3/c1-95-76-55-75(94-97-92(61-32-18-7-19-33-61)96-93(98-94)66-40-49-82-70(54-66)67-34-20-21-35-81(67)101-82)88(99-77-43-36-62(56-22-8-2-9-23-56)52-73(77)86-79(99)45-41-68-71-50-64(58-26-12-4-13-27-58)38-47-83(71)102-90(68)86)85(60-30-16-6-17-31-60)89(76)100-78-44-37-63(57-24-10-3-11-25-57)53-74(78)87-80(100)46-42-69-72-51-65(59-28-14-5-15-29-59)39-48-84(72)103-91(69)87/h2-55H. The molecule has 9 nitrogen and oxygen atoms in total. The van der Waals surface area contributed by atoms with Crippen molar-refractivity contribution in [3.8, 4) is 101 Å². The van der Waals surface area contributed by atoms with Gasteiger partial charge in [-0.3, -0.25) is 0 Å². The van der Waals surface area contributed by atoms with Gasteiger partial charge in [-0.15, -0.1) is 0 Å². The summed E-state index contributed by atoms with van der Waals surface area (Å²) < 4.78 is 25.7. The van der Waals surface area contributed by atoms with Gasteiger partial charge in [0.1, 0.15) is 33.5 Å². The molecule has 0 fully saturated rings. The first kappa shape index (κ1) is 57.8. The van der Waals surface area contributed by atoms with Crippen LogP contribution < -0.4 is 0 Å². The van der Waals surface area contributed by atoms with Crippen LogP contribution in [0.25, 0.3) is 215 Å². The Labute approximate surface area is 589 Å². The molecule has 0 saturated heterocycles. The Kier molecular flexibility index (Phi) is 12.9. The lowest BCUT2D eigenvalue weighted by atomic mass is 9.94. The fraction of sp³-hybridized carbons (Fsp3) is 0. The summed E-state index contributed by atoms with van der Waals surface area (Å²) in [7, 11) is 0. The summed E-state index contributed by atoms with van der Waals surface area (Å²) in [6, 6.07) is 114. The van der Waals surface area contributed by atoms with E-state index in [-0.39, 0.29) is 0 Å². The van der Waals surface area contributed by atoms with E-state index in [1.54, 1.807) is 0 Å². The number of para-hydroxylation sites is 1. The molecule has 9 heteroatoms. The molecule has 0 atom stereocenters. The van der Waals surface area contributed by atoms with Crippen molar-refractivity contribution in [1.29, 1.82) is 0 Å². The SMILES string of the molecule is [C-]#[N+]c1cc(-c2nc(-c3ccccc3)nc(-c3ccc4oc5ccccc5c4c3)n2)c(-n2c3ccc(-c4ccccc4)cc3c3c4oc5ccc(-c6ccccc6)cc5c4ccc32)c(-c2ccccc2)c1-n1c2ccc(-c3ccccc3)cc2c2c3oc4ccc(-c5ccccc5)cc4c3ccc21. The van der Waals surface area contributed by atoms with Crippen molar-refractivity contribution >= 4 is 115 Å². The second-order valence-electron chi connectivity index (χ2n) is 26.4. The highest BCUT2D eigenvalue weighted by Gasteiger charge is 2.32. The predicted octanol–water partition coefficient (Wildman–Crippen LogP) is 25.7. The summed E-state index contributed by atoms with van der Waals surface area (Å²) in [5.41, 5.74) is 22.4. The van der Waals surface area contributed by atoms with Gasteiger partial charge in [-0.2, -0.15) is 0 Å². The number of fused-ring (bicyclic) bond motifs is 17. The minimum atomic E-state index is 0.368. The lowest BCUT2D eigenvalue weighted by molar-refractivity contribution is 0.669. The molecule has 21 aromatic rings. The van der Waals surface area contributed by atoms with Gasteiger partial charge in [0, 0.05) is 65.3 Å². The van der Waals surface area contributed by atoms with Gasteiger partial charge in [-0.1, -0.05) is 224 Å². The van der Waals surface area contributed by atoms with Crippen molar-refractivity contribution in [3.05, 3.63) is 339 Å². The second kappa shape index (κ2) is 22.9. The molecule has 6 aromatic heterocycles. The van der Waals surface area contributed by atoms with Crippen molar-refractivity contribution in [2.75, 3.05) is 0 Å². The lowest BCUT2D eigenvalue weighted by Gasteiger charge is -2.24. The van der Waals surface area contributed by atoms with E-state index in [9.17, 15) is 6.57 Å².